The molecule has 2 heterocycles. The third kappa shape index (κ3) is 4.43. The molecule has 0 N–H and O–H groups in total. The van der Waals surface area contributed by atoms with Crippen LogP contribution >= 0.6 is 0 Å². The highest BCUT2D eigenvalue weighted by molar-refractivity contribution is 5.71. The van der Waals surface area contributed by atoms with Crippen LogP contribution in [0.4, 0.5) is 0 Å². The van der Waals surface area contributed by atoms with Gasteiger partial charge in [-0.15, -0.1) is 0 Å². The van der Waals surface area contributed by atoms with E-state index in [1.54, 1.807) is 0 Å². The lowest BCUT2D eigenvalue weighted by atomic mass is 9.85. The summed E-state index contributed by atoms with van der Waals surface area (Å²) >= 11 is 0. The molecule has 1 unspecified atom stereocenters. The van der Waals surface area contributed by atoms with Gasteiger partial charge in [0.2, 0.25) is 0 Å². The van der Waals surface area contributed by atoms with Crippen LogP contribution in [0.25, 0.3) is 0 Å². The lowest BCUT2D eigenvalue weighted by Crippen LogP contribution is -2.49. The van der Waals surface area contributed by atoms with Gasteiger partial charge in [-0.25, -0.2) is 0 Å². The minimum Gasteiger partial charge on any atom is -0.466 e. The number of carbonyl (C=O) groups excluding carboxylic acids is 1. The van der Waals surface area contributed by atoms with Crippen molar-refractivity contribution in [1.29, 1.82) is 0 Å². The van der Waals surface area contributed by atoms with E-state index >= 15 is 0 Å². The zero-order valence-corrected chi connectivity index (χ0v) is 13.9. The second kappa shape index (κ2) is 8.14. The van der Waals surface area contributed by atoms with Crippen molar-refractivity contribution in [3.63, 3.8) is 0 Å². The first-order valence-corrected chi connectivity index (χ1v) is 8.83. The Morgan fingerprint density at radius 2 is 1.81 bits per heavy atom. The van der Waals surface area contributed by atoms with Crippen LogP contribution in [-0.4, -0.2) is 60.6 Å². The fraction of sp³-hybridized carbons (Fsp3) is 0.941. The molecule has 122 valence electrons. The Labute approximate surface area is 129 Å². The number of rotatable bonds is 6. The van der Waals surface area contributed by atoms with Gasteiger partial charge in [0.25, 0.3) is 0 Å². The second-order valence-corrected chi connectivity index (χ2v) is 6.60. The Kier molecular flexibility index (Phi) is 6.49. The molecule has 0 aromatic rings. The van der Waals surface area contributed by atoms with Crippen molar-refractivity contribution >= 4 is 5.97 Å². The minimum atomic E-state index is -0.00617. The lowest BCUT2D eigenvalue weighted by Gasteiger charge is -2.41. The quantitative estimate of drug-likeness (QED) is 0.706. The summed E-state index contributed by atoms with van der Waals surface area (Å²) in [6, 6.07) is 0. The van der Waals surface area contributed by atoms with Crippen LogP contribution in [0.1, 0.15) is 58.8 Å². The van der Waals surface area contributed by atoms with E-state index in [9.17, 15) is 4.79 Å². The van der Waals surface area contributed by atoms with E-state index in [1.807, 2.05) is 6.92 Å². The molecule has 0 spiro atoms. The van der Waals surface area contributed by atoms with Gasteiger partial charge in [0.1, 0.15) is 0 Å². The van der Waals surface area contributed by atoms with Gasteiger partial charge in [-0.1, -0.05) is 6.92 Å². The van der Waals surface area contributed by atoms with Crippen LogP contribution in [0, 0.1) is 0 Å². The molecule has 2 aliphatic heterocycles. The van der Waals surface area contributed by atoms with Crippen molar-refractivity contribution in [3.8, 4) is 0 Å². The van der Waals surface area contributed by atoms with Gasteiger partial charge in [-0.2, -0.15) is 0 Å². The molecule has 0 saturated carbocycles. The Morgan fingerprint density at radius 1 is 1.05 bits per heavy atom. The maximum Gasteiger partial charge on any atom is 0.307 e. The monoisotopic (exact) mass is 296 g/mol. The molecular formula is C17H32N2O2. The number of nitrogens with zero attached hydrogens (tertiary/aromatic N) is 2. The average molecular weight is 296 g/mol. The van der Waals surface area contributed by atoms with Crippen LogP contribution in [0.5, 0.6) is 0 Å². The van der Waals surface area contributed by atoms with Crippen LogP contribution < -0.4 is 0 Å². The summed E-state index contributed by atoms with van der Waals surface area (Å²) in [6.45, 7) is 10.5. The van der Waals surface area contributed by atoms with E-state index in [0.29, 0.717) is 13.0 Å². The fourth-order valence-corrected chi connectivity index (χ4v) is 4.05. The van der Waals surface area contributed by atoms with Gasteiger partial charge < -0.3 is 9.64 Å². The predicted octanol–water partition coefficient (Wildman–Crippen LogP) is 2.67. The molecule has 2 aliphatic rings. The predicted molar refractivity (Wildman–Crippen MR) is 85.4 cm³/mol. The number of esters is 1. The summed E-state index contributed by atoms with van der Waals surface area (Å²) in [7, 11) is 0. The van der Waals surface area contributed by atoms with Crippen LogP contribution in [0.15, 0.2) is 0 Å². The third-order valence-corrected chi connectivity index (χ3v) is 5.11. The van der Waals surface area contributed by atoms with Gasteiger partial charge in [0.15, 0.2) is 0 Å². The number of carbonyl (C=O) groups is 1. The highest BCUT2D eigenvalue weighted by atomic mass is 16.5. The minimum absolute atomic E-state index is 0.00617. The number of likely N-dealkylation sites (tertiary alicyclic amines) is 2. The van der Waals surface area contributed by atoms with Crippen molar-refractivity contribution in [1.82, 2.24) is 9.80 Å². The van der Waals surface area contributed by atoms with Gasteiger partial charge in [-0.3, -0.25) is 9.69 Å². The summed E-state index contributed by atoms with van der Waals surface area (Å²) in [5.74, 6) is -0.00617. The first-order chi connectivity index (χ1) is 10.2. The molecule has 1 atom stereocenters. The molecular weight excluding hydrogens is 264 g/mol. The summed E-state index contributed by atoms with van der Waals surface area (Å²) < 4.78 is 5.27. The molecule has 0 amide bonds. The Morgan fingerprint density at radius 3 is 2.48 bits per heavy atom. The SMILES string of the molecule is CCCN1CCCC(CC(=O)OCC)(N2CCCC2)CC1. The van der Waals surface area contributed by atoms with Crippen molar-refractivity contribution in [2.75, 3.05) is 39.3 Å². The van der Waals surface area contributed by atoms with E-state index in [1.165, 1.54) is 38.8 Å². The van der Waals surface area contributed by atoms with Gasteiger partial charge in [-0.05, 0) is 78.2 Å². The topological polar surface area (TPSA) is 32.8 Å². The van der Waals surface area contributed by atoms with Crippen LogP contribution in [0.2, 0.25) is 0 Å². The maximum absolute atomic E-state index is 12.1. The lowest BCUT2D eigenvalue weighted by molar-refractivity contribution is -0.146. The first kappa shape index (κ1) is 16.8. The van der Waals surface area contributed by atoms with Gasteiger partial charge in [0, 0.05) is 5.54 Å². The summed E-state index contributed by atoms with van der Waals surface area (Å²) in [4.78, 5) is 17.3. The second-order valence-electron chi connectivity index (χ2n) is 6.60. The summed E-state index contributed by atoms with van der Waals surface area (Å²) in [5, 5.41) is 0. The molecule has 4 heteroatoms. The Balaban J connectivity index is 2.06. The van der Waals surface area contributed by atoms with Crippen molar-refractivity contribution < 1.29 is 9.53 Å². The molecule has 2 rings (SSSR count). The summed E-state index contributed by atoms with van der Waals surface area (Å²) in [6.07, 6.45) is 7.83. The van der Waals surface area contributed by atoms with Crippen molar-refractivity contribution in [2.45, 2.75) is 64.3 Å². The van der Waals surface area contributed by atoms with E-state index in [0.717, 1.165) is 32.5 Å². The normalized spacial score (nSPS) is 28.5. The maximum atomic E-state index is 12.1. The summed E-state index contributed by atoms with van der Waals surface area (Å²) in [5.41, 5.74) is 0.0608. The zero-order chi connectivity index (χ0) is 15.1. The Bertz CT molecular complexity index is 329. The smallest absolute Gasteiger partial charge is 0.307 e. The molecule has 0 radical (unpaired) electrons. The third-order valence-electron chi connectivity index (χ3n) is 5.11. The average Bonchev–Trinajstić information content (AvgIpc) is 2.92. The molecule has 0 aliphatic carbocycles. The largest absolute Gasteiger partial charge is 0.466 e. The number of hydrogen-bond donors (Lipinski definition) is 0. The fourth-order valence-electron chi connectivity index (χ4n) is 4.05. The number of hydrogen-bond acceptors (Lipinski definition) is 4. The molecule has 2 saturated heterocycles. The zero-order valence-electron chi connectivity index (χ0n) is 13.9. The van der Waals surface area contributed by atoms with E-state index in [2.05, 4.69) is 16.7 Å². The van der Waals surface area contributed by atoms with Crippen LogP contribution in [0.3, 0.4) is 0 Å². The molecule has 0 bridgehead atoms. The Hall–Kier alpha value is -0.610. The first-order valence-electron chi connectivity index (χ1n) is 8.83. The standard InChI is InChI=1S/C17H32N2O2/c1-3-10-18-11-7-8-17(9-14-18,15-16(20)21-4-2)19-12-5-6-13-19/h3-15H2,1-2H3. The van der Waals surface area contributed by atoms with E-state index in [-0.39, 0.29) is 11.5 Å². The van der Waals surface area contributed by atoms with E-state index in [4.69, 9.17) is 4.74 Å². The highest BCUT2D eigenvalue weighted by Crippen LogP contribution is 2.35. The van der Waals surface area contributed by atoms with Crippen LogP contribution in [-0.2, 0) is 9.53 Å². The highest BCUT2D eigenvalue weighted by Gasteiger charge is 2.41. The molecule has 4 nitrogen and oxygen atoms in total. The molecule has 21 heavy (non-hydrogen) atoms. The molecule has 0 aromatic carbocycles. The van der Waals surface area contributed by atoms with Crippen molar-refractivity contribution in [2.24, 2.45) is 0 Å². The van der Waals surface area contributed by atoms with Gasteiger partial charge >= 0.3 is 5.97 Å². The van der Waals surface area contributed by atoms with Gasteiger partial charge in [0.05, 0.1) is 13.0 Å². The number of ether oxygens (including phenoxy) is 1. The molecule has 0 aromatic heterocycles. The molecule has 2 fully saturated rings. The van der Waals surface area contributed by atoms with E-state index < -0.39 is 0 Å². The van der Waals surface area contributed by atoms with Crippen molar-refractivity contribution in [3.05, 3.63) is 0 Å².